The number of halogens is 5. The summed E-state index contributed by atoms with van der Waals surface area (Å²) < 4.78 is 82.7. The van der Waals surface area contributed by atoms with Gasteiger partial charge in [0.05, 0.1) is 15.8 Å². The highest BCUT2D eigenvalue weighted by molar-refractivity contribution is 6.38. The molecule has 0 unspecified atom stereocenters. The van der Waals surface area contributed by atoms with Crippen LogP contribution < -0.4 is 37.9 Å². The molecule has 4 N–H and O–H groups in total. The third-order valence-corrected chi connectivity index (χ3v) is 20.4. The zero-order valence-electron chi connectivity index (χ0n) is 68.1. The van der Waals surface area contributed by atoms with E-state index in [9.17, 15) is 28.0 Å². The molecular formula is C100H81Cl3F2N2O18. The van der Waals surface area contributed by atoms with Crippen LogP contribution in [0.4, 0.5) is 8.78 Å². The number of aromatic nitrogens is 2. The van der Waals surface area contributed by atoms with Crippen molar-refractivity contribution in [2.45, 2.75) is 91.6 Å². The zero-order chi connectivity index (χ0) is 88.4. The number of hydrogen-bond acceptors (Lipinski definition) is 16. The van der Waals surface area contributed by atoms with Gasteiger partial charge in [-0.1, -0.05) is 145 Å². The minimum absolute atomic E-state index is 0.251. The first-order chi connectivity index (χ1) is 60.3. The van der Waals surface area contributed by atoms with Gasteiger partial charge in [-0.25, -0.2) is 28.0 Å². The van der Waals surface area contributed by atoms with Crippen molar-refractivity contribution in [2.24, 2.45) is 0 Å². The first-order valence-corrected chi connectivity index (χ1v) is 40.8. The van der Waals surface area contributed by atoms with E-state index in [0.717, 1.165) is 97.1 Å². The predicted octanol–water partition coefficient (Wildman–Crippen LogP) is 26.7. The van der Waals surface area contributed by atoms with Gasteiger partial charge in [0.2, 0.25) is 0 Å². The third-order valence-electron chi connectivity index (χ3n) is 19.6. The molecule has 0 aliphatic rings. The summed E-state index contributed by atoms with van der Waals surface area (Å²) in [5.41, 5.74) is 10.1. The molecule has 2 heterocycles. The minimum atomic E-state index is -1.08. The normalized spacial score (nSPS) is 11.9. The maximum absolute atomic E-state index is 13.0. The molecule has 25 heteroatoms. The Labute approximate surface area is 731 Å². The van der Waals surface area contributed by atoms with Gasteiger partial charge in [0, 0.05) is 21.2 Å². The Kier molecular flexibility index (Phi) is 28.9. The van der Waals surface area contributed by atoms with Gasteiger partial charge in [0.15, 0.2) is 35.6 Å². The molecule has 0 aliphatic carbocycles. The van der Waals surface area contributed by atoms with Crippen LogP contribution in [0.2, 0.25) is 15.1 Å². The average Bonchev–Trinajstić information content (AvgIpc) is 1.71. The Balaban J connectivity index is 0.000000143. The highest BCUT2D eigenvalue weighted by Crippen LogP contribution is 2.44. The van der Waals surface area contributed by atoms with Gasteiger partial charge in [0.25, 0.3) is 0 Å². The van der Waals surface area contributed by atoms with Crippen molar-refractivity contribution in [1.82, 2.24) is 10.3 Å². The smallest absolute Gasteiger partial charge is 0.344 e. The van der Waals surface area contributed by atoms with Gasteiger partial charge < -0.3 is 67.4 Å². The molecule has 0 fully saturated rings. The molecule has 125 heavy (non-hydrogen) atoms. The molecule has 14 aromatic carbocycles. The molecule has 0 spiro atoms. The highest BCUT2D eigenvalue weighted by Gasteiger charge is 2.25. The summed E-state index contributed by atoms with van der Waals surface area (Å²) in [4.78, 5) is 44.5. The quantitative estimate of drug-likeness (QED) is 0.0355. The van der Waals surface area contributed by atoms with Crippen molar-refractivity contribution in [3.63, 3.8) is 0 Å². The molecule has 0 amide bonds. The van der Waals surface area contributed by atoms with Crippen LogP contribution in [0.1, 0.15) is 65.5 Å². The number of ether oxygens (including phenoxy) is 8. The topological polar surface area (TPSA) is 275 Å². The summed E-state index contributed by atoms with van der Waals surface area (Å²) in [6, 6.07) is 84.3. The largest absolute Gasteiger partial charge is 0.479 e. The molecule has 16 rings (SSSR count). The molecule has 4 atom stereocenters. The SMILES string of the molecule is CCCc1cc(Oc2ccc(Cl)cc2)ccc1-c1noc2ccc(O[C@@H](C)C(=O)O)c(Cl)c12.CCCc1cc(Oc2ccc(Cl)cc2)ccc1-c1noc2ccc(O[C@@H](C)C(=O)O)cc12.C[C@@H](Oc1ccc2cccc(-c3ccc(Oc4ccc(F)cc4)cc3)c2c1)C(=O)O.C[C@H](Oc1ccc2cccc(-c3ccc(Oc4ccc(F)cc4)cc3)c2c1)C(=O)O. The van der Waals surface area contributed by atoms with Crippen LogP contribution in [0.5, 0.6) is 69.0 Å². The second-order valence-corrected chi connectivity index (χ2v) is 29.9. The number of aliphatic carboxylic acids is 4. The van der Waals surface area contributed by atoms with Crippen molar-refractivity contribution in [2.75, 3.05) is 0 Å². The molecule has 634 valence electrons. The summed E-state index contributed by atoms with van der Waals surface area (Å²) >= 11 is 18.5. The van der Waals surface area contributed by atoms with E-state index in [1.54, 1.807) is 103 Å². The van der Waals surface area contributed by atoms with E-state index in [1.807, 2.05) is 158 Å². The Bertz CT molecular complexity index is 6300. The van der Waals surface area contributed by atoms with Crippen LogP contribution in [-0.4, -0.2) is 79.0 Å². The van der Waals surface area contributed by atoms with Gasteiger partial charge in [0.1, 0.15) is 92.0 Å². The minimum Gasteiger partial charge on any atom is -0.479 e. The Morgan fingerprint density at radius 2 is 0.672 bits per heavy atom. The van der Waals surface area contributed by atoms with Crippen LogP contribution in [0.15, 0.2) is 294 Å². The summed E-state index contributed by atoms with van der Waals surface area (Å²) in [6.07, 6.45) is -0.420. The summed E-state index contributed by atoms with van der Waals surface area (Å²) in [5.74, 6) is 2.11. The van der Waals surface area contributed by atoms with E-state index >= 15 is 0 Å². The molecule has 0 saturated carbocycles. The van der Waals surface area contributed by atoms with Crippen molar-refractivity contribution in [3.8, 4) is 114 Å². The van der Waals surface area contributed by atoms with E-state index in [0.29, 0.717) is 101 Å². The van der Waals surface area contributed by atoms with Crippen LogP contribution in [0.3, 0.4) is 0 Å². The molecule has 0 bridgehead atoms. The Morgan fingerprint density at radius 1 is 0.344 bits per heavy atom. The number of carbonyl (C=O) groups is 4. The average molecular weight is 1740 g/mol. The molecule has 20 nitrogen and oxygen atoms in total. The number of hydrogen-bond donors (Lipinski definition) is 4. The molecular weight excluding hydrogens is 1660 g/mol. The molecule has 16 aromatic rings. The van der Waals surface area contributed by atoms with Crippen molar-refractivity contribution in [1.29, 1.82) is 0 Å². The fourth-order valence-electron chi connectivity index (χ4n) is 13.2. The number of carboxylic acids is 4. The zero-order valence-corrected chi connectivity index (χ0v) is 70.3. The van der Waals surface area contributed by atoms with Crippen LogP contribution in [0, 0.1) is 11.6 Å². The molecule has 0 radical (unpaired) electrons. The van der Waals surface area contributed by atoms with Crippen molar-refractivity contribution in [3.05, 3.63) is 323 Å². The van der Waals surface area contributed by atoms with E-state index in [1.165, 1.54) is 52.0 Å². The lowest BCUT2D eigenvalue weighted by Crippen LogP contribution is -2.22. The first kappa shape index (κ1) is 88.3. The number of benzene rings is 14. The predicted molar refractivity (Wildman–Crippen MR) is 478 cm³/mol. The Hall–Kier alpha value is -14.5. The second kappa shape index (κ2) is 40.9. The lowest BCUT2D eigenvalue weighted by atomic mass is 9.98. The molecule has 0 saturated heterocycles. The van der Waals surface area contributed by atoms with Gasteiger partial charge in [-0.3, -0.25) is 0 Å². The third kappa shape index (κ3) is 22.8. The maximum atomic E-state index is 13.0. The van der Waals surface area contributed by atoms with Gasteiger partial charge >= 0.3 is 23.9 Å². The van der Waals surface area contributed by atoms with Crippen molar-refractivity contribution >= 4 is 102 Å². The number of aryl methyl sites for hydroxylation is 2. The fraction of sp³-hybridized carbons (Fsp3) is 0.140. The lowest BCUT2D eigenvalue weighted by molar-refractivity contribution is -0.145. The van der Waals surface area contributed by atoms with Crippen LogP contribution in [-0.2, 0) is 32.0 Å². The van der Waals surface area contributed by atoms with Crippen LogP contribution in [0.25, 0.3) is 88.3 Å². The number of fused-ring (bicyclic) bond motifs is 4. The molecule has 0 aliphatic heterocycles. The second-order valence-electron chi connectivity index (χ2n) is 28.7. The number of nitrogens with zero attached hydrogens (tertiary/aromatic N) is 2. The summed E-state index contributed by atoms with van der Waals surface area (Å²) in [7, 11) is 0. The van der Waals surface area contributed by atoms with Crippen molar-refractivity contribution < 1.29 is 95.3 Å². The highest BCUT2D eigenvalue weighted by atomic mass is 35.5. The fourth-order valence-corrected chi connectivity index (χ4v) is 13.8. The number of carboxylic acid groups (broad SMARTS) is 4. The maximum Gasteiger partial charge on any atom is 0.344 e. The van der Waals surface area contributed by atoms with E-state index in [4.69, 9.17) is 102 Å². The van der Waals surface area contributed by atoms with Crippen LogP contribution >= 0.6 is 34.8 Å². The van der Waals surface area contributed by atoms with E-state index in [-0.39, 0.29) is 22.4 Å². The standard InChI is InChI=1S/C25H21Cl2NO5.C25H22ClNO5.2C25H19FO4/c1-3-4-15-13-18(32-17-7-5-16(26)6-8-17)9-10-19(15)24-22-20(33-28-24)11-12-21(23(22)27)31-14(2)25(29)30;1-3-4-16-13-19(31-18-7-5-17(26)6-8-18)9-11-21(16)24-22-14-20(30-15(2)25(28)29)10-12-23(22)32-27-24;2*1-16(25(27)28)29-22-12-7-17-3-2-4-23(24(17)15-22)18-5-10-20(11-6-18)30-21-13-8-19(26)9-14-21/h5-14H,3-4H2,1-2H3,(H,29,30);5-15H,3-4H2,1-2H3,(H,28,29);2*2-16H,1H3,(H,27,28)/t14-;15-;2*16-/m0010/s1. The number of rotatable bonds is 28. The summed E-state index contributed by atoms with van der Waals surface area (Å²) in [6.45, 7) is 10.1. The van der Waals surface area contributed by atoms with Gasteiger partial charge in [-0.2, -0.15) is 0 Å². The van der Waals surface area contributed by atoms with E-state index in [2.05, 4.69) is 24.2 Å². The Morgan fingerprint density at radius 3 is 1.08 bits per heavy atom. The first-order valence-electron chi connectivity index (χ1n) is 39.6. The molecule has 2 aromatic heterocycles. The summed E-state index contributed by atoms with van der Waals surface area (Å²) in [5, 5.41) is 51.8. The monoisotopic (exact) mass is 1740 g/mol. The van der Waals surface area contributed by atoms with Gasteiger partial charge in [-0.15, -0.1) is 0 Å². The van der Waals surface area contributed by atoms with E-state index < -0.39 is 48.3 Å². The van der Waals surface area contributed by atoms with Gasteiger partial charge in [-0.05, 0) is 308 Å². The lowest BCUT2D eigenvalue weighted by Gasteiger charge is -2.13.